The monoisotopic (exact) mass is 310 g/mol. The molecule has 1 amide bonds. The zero-order chi connectivity index (χ0) is 15.5. The first-order chi connectivity index (χ1) is 9.99. The summed E-state index contributed by atoms with van der Waals surface area (Å²) in [5, 5.41) is 2.10. The van der Waals surface area contributed by atoms with Crippen LogP contribution < -0.4 is 14.8 Å². The van der Waals surface area contributed by atoms with Gasteiger partial charge in [-0.3, -0.25) is 9.52 Å². The number of carbonyl (C=O) groups excluding carboxylic acids is 1. The number of para-hydroxylation sites is 2. The standard InChI is InChI=1S/C12H14N4O4S/c1-16-7-13-11(14-8-17)12(16)21(18,19)15-9-5-3-4-6-10(9)20-2/h3-8,15H,1-2H3,(H,14,17). The number of nitrogens with zero attached hydrogens (tertiary/aromatic N) is 2. The second kappa shape index (κ2) is 5.83. The van der Waals surface area contributed by atoms with E-state index >= 15 is 0 Å². The van der Waals surface area contributed by atoms with Crippen LogP contribution in [0.25, 0.3) is 0 Å². The van der Waals surface area contributed by atoms with Crippen molar-refractivity contribution in [3.8, 4) is 5.75 Å². The first-order valence-electron chi connectivity index (χ1n) is 5.87. The molecule has 0 saturated carbocycles. The molecule has 2 N–H and O–H groups in total. The minimum Gasteiger partial charge on any atom is -0.495 e. The lowest BCUT2D eigenvalue weighted by atomic mass is 10.3. The van der Waals surface area contributed by atoms with Crippen LogP contribution in [0.5, 0.6) is 5.75 Å². The van der Waals surface area contributed by atoms with Crippen LogP contribution in [-0.2, 0) is 21.9 Å². The zero-order valence-corrected chi connectivity index (χ0v) is 12.2. The third-order valence-electron chi connectivity index (χ3n) is 2.68. The van der Waals surface area contributed by atoms with Gasteiger partial charge in [-0.05, 0) is 12.1 Å². The van der Waals surface area contributed by atoms with Crippen molar-refractivity contribution in [3.63, 3.8) is 0 Å². The molecule has 0 unspecified atom stereocenters. The minimum absolute atomic E-state index is 0.0464. The van der Waals surface area contributed by atoms with Crippen LogP contribution in [0.15, 0.2) is 35.6 Å². The normalized spacial score (nSPS) is 11.0. The molecule has 0 aliphatic carbocycles. The molecule has 1 aromatic carbocycles. The number of carbonyl (C=O) groups is 1. The molecule has 0 radical (unpaired) electrons. The summed E-state index contributed by atoms with van der Waals surface area (Å²) in [4.78, 5) is 14.4. The Labute approximate surface area is 121 Å². The largest absolute Gasteiger partial charge is 0.495 e. The van der Waals surface area contributed by atoms with Gasteiger partial charge in [-0.15, -0.1) is 0 Å². The van der Waals surface area contributed by atoms with Crippen molar-refractivity contribution in [1.29, 1.82) is 0 Å². The van der Waals surface area contributed by atoms with Crippen LogP contribution >= 0.6 is 0 Å². The van der Waals surface area contributed by atoms with Crippen LogP contribution in [0, 0.1) is 0 Å². The number of hydrogen-bond acceptors (Lipinski definition) is 5. The number of hydrogen-bond donors (Lipinski definition) is 2. The van der Waals surface area contributed by atoms with Crippen molar-refractivity contribution in [3.05, 3.63) is 30.6 Å². The lowest BCUT2D eigenvalue weighted by molar-refractivity contribution is -0.105. The second-order valence-electron chi connectivity index (χ2n) is 4.08. The fourth-order valence-electron chi connectivity index (χ4n) is 1.81. The van der Waals surface area contributed by atoms with Crippen molar-refractivity contribution >= 4 is 27.9 Å². The number of rotatable bonds is 6. The lowest BCUT2D eigenvalue weighted by Gasteiger charge is -2.12. The molecule has 0 atom stereocenters. The van der Waals surface area contributed by atoms with Gasteiger partial charge in [0, 0.05) is 7.05 Å². The van der Waals surface area contributed by atoms with Gasteiger partial charge in [0.05, 0.1) is 19.1 Å². The van der Waals surface area contributed by atoms with Gasteiger partial charge in [0.25, 0.3) is 10.0 Å². The van der Waals surface area contributed by atoms with E-state index in [1.807, 2.05) is 0 Å². The minimum atomic E-state index is -3.94. The molecule has 9 heteroatoms. The molecule has 2 rings (SSSR count). The average molecular weight is 310 g/mol. The molecule has 0 spiro atoms. The van der Waals surface area contributed by atoms with Crippen molar-refractivity contribution in [1.82, 2.24) is 9.55 Å². The summed E-state index contributed by atoms with van der Waals surface area (Å²) in [7, 11) is -0.982. The van der Waals surface area contributed by atoms with Crippen LogP contribution in [-0.4, -0.2) is 31.5 Å². The number of imidazole rings is 1. The van der Waals surface area contributed by atoms with E-state index in [1.165, 1.54) is 25.1 Å². The molecule has 0 fully saturated rings. The van der Waals surface area contributed by atoms with Crippen molar-refractivity contribution < 1.29 is 17.9 Å². The van der Waals surface area contributed by atoms with E-state index in [-0.39, 0.29) is 10.8 Å². The predicted molar refractivity (Wildman–Crippen MR) is 76.7 cm³/mol. The summed E-state index contributed by atoms with van der Waals surface area (Å²) in [6, 6.07) is 6.60. The van der Waals surface area contributed by atoms with Gasteiger partial charge in [0.1, 0.15) is 5.75 Å². The van der Waals surface area contributed by atoms with E-state index in [0.717, 1.165) is 0 Å². The summed E-state index contributed by atoms with van der Waals surface area (Å²) in [5.41, 5.74) is 0.290. The molecule has 112 valence electrons. The first kappa shape index (κ1) is 14.9. The fourth-order valence-corrected chi connectivity index (χ4v) is 3.16. The number of anilines is 2. The maximum absolute atomic E-state index is 12.5. The summed E-state index contributed by atoms with van der Waals surface area (Å²) in [5.74, 6) is 0.336. The molecule has 8 nitrogen and oxygen atoms in total. The van der Waals surface area contributed by atoms with E-state index < -0.39 is 10.0 Å². The maximum Gasteiger partial charge on any atom is 0.281 e. The molecule has 0 bridgehead atoms. The maximum atomic E-state index is 12.5. The van der Waals surface area contributed by atoms with Crippen LogP contribution in [0.3, 0.4) is 0 Å². The molecular weight excluding hydrogens is 296 g/mol. The summed E-state index contributed by atoms with van der Waals surface area (Å²) < 4.78 is 33.7. The lowest BCUT2D eigenvalue weighted by Crippen LogP contribution is -2.18. The van der Waals surface area contributed by atoms with Gasteiger partial charge in [-0.25, -0.2) is 4.98 Å². The predicted octanol–water partition coefficient (Wildman–Crippen LogP) is 0.798. The number of aryl methyl sites for hydroxylation is 1. The highest BCUT2D eigenvalue weighted by Crippen LogP contribution is 2.27. The van der Waals surface area contributed by atoms with Crippen LogP contribution in [0.4, 0.5) is 11.5 Å². The van der Waals surface area contributed by atoms with Gasteiger partial charge < -0.3 is 14.6 Å². The quantitative estimate of drug-likeness (QED) is 0.768. The Bertz CT molecular complexity index is 754. The molecule has 1 heterocycles. The van der Waals surface area contributed by atoms with E-state index in [0.29, 0.717) is 17.8 Å². The Hall–Kier alpha value is -2.55. The number of ether oxygens (including phenoxy) is 1. The van der Waals surface area contributed by atoms with Gasteiger partial charge in [0.15, 0.2) is 10.8 Å². The van der Waals surface area contributed by atoms with Crippen molar-refractivity contribution in [2.75, 3.05) is 17.1 Å². The summed E-state index contributed by atoms with van der Waals surface area (Å²) >= 11 is 0. The highest BCUT2D eigenvalue weighted by atomic mass is 32.2. The summed E-state index contributed by atoms with van der Waals surface area (Å²) in [6.45, 7) is 0. The summed E-state index contributed by atoms with van der Waals surface area (Å²) in [6.07, 6.45) is 1.66. The number of amides is 1. The van der Waals surface area contributed by atoms with E-state index in [1.54, 1.807) is 24.3 Å². The number of aromatic nitrogens is 2. The van der Waals surface area contributed by atoms with Gasteiger partial charge in [-0.1, -0.05) is 12.1 Å². The Balaban J connectivity index is 2.43. The Morgan fingerprint density at radius 1 is 1.33 bits per heavy atom. The highest BCUT2D eigenvalue weighted by molar-refractivity contribution is 7.92. The molecule has 1 aromatic heterocycles. The molecule has 2 aromatic rings. The van der Waals surface area contributed by atoms with E-state index in [2.05, 4.69) is 15.0 Å². The smallest absolute Gasteiger partial charge is 0.281 e. The third kappa shape index (κ3) is 2.97. The Kier molecular flexibility index (Phi) is 4.13. The number of benzene rings is 1. The molecule has 0 aliphatic rings. The number of nitrogens with one attached hydrogen (secondary N) is 2. The molecule has 0 saturated heterocycles. The van der Waals surface area contributed by atoms with Gasteiger partial charge in [0.2, 0.25) is 6.41 Å². The van der Waals surface area contributed by atoms with Gasteiger partial charge >= 0.3 is 0 Å². The fraction of sp³-hybridized carbons (Fsp3) is 0.167. The number of methoxy groups -OCH3 is 1. The molecule has 0 aliphatic heterocycles. The van der Waals surface area contributed by atoms with Gasteiger partial charge in [-0.2, -0.15) is 8.42 Å². The number of sulfonamides is 1. The highest BCUT2D eigenvalue weighted by Gasteiger charge is 2.24. The van der Waals surface area contributed by atoms with Crippen LogP contribution in [0.1, 0.15) is 0 Å². The topological polar surface area (TPSA) is 102 Å². The Morgan fingerprint density at radius 2 is 2.05 bits per heavy atom. The molecule has 21 heavy (non-hydrogen) atoms. The SMILES string of the molecule is COc1ccccc1NS(=O)(=O)c1c(NC=O)ncn1C. The average Bonchev–Trinajstić information content (AvgIpc) is 2.81. The molecular formula is C12H14N4O4S. The zero-order valence-electron chi connectivity index (χ0n) is 11.4. The Morgan fingerprint density at radius 3 is 2.71 bits per heavy atom. The van der Waals surface area contributed by atoms with Crippen molar-refractivity contribution in [2.24, 2.45) is 7.05 Å². The first-order valence-corrected chi connectivity index (χ1v) is 7.35. The van der Waals surface area contributed by atoms with E-state index in [4.69, 9.17) is 4.74 Å². The van der Waals surface area contributed by atoms with E-state index in [9.17, 15) is 13.2 Å². The second-order valence-corrected chi connectivity index (χ2v) is 5.67. The van der Waals surface area contributed by atoms with Crippen LogP contribution in [0.2, 0.25) is 0 Å². The van der Waals surface area contributed by atoms with Crippen molar-refractivity contribution in [2.45, 2.75) is 5.03 Å². The third-order valence-corrected chi connectivity index (χ3v) is 4.16.